The molecule has 0 aliphatic rings. The average molecular weight is 405 g/mol. The molecule has 0 aliphatic heterocycles. The van der Waals surface area contributed by atoms with Crippen LogP contribution < -0.4 is 5.32 Å². The van der Waals surface area contributed by atoms with Crippen LogP contribution in [-0.2, 0) is 6.54 Å². The van der Waals surface area contributed by atoms with E-state index in [0.29, 0.717) is 17.7 Å². The molecular weight excluding hydrogens is 388 g/mol. The van der Waals surface area contributed by atoms with E-state index in [2.05, 4.69) is 11.4 Å². The third kappa shape index (κ3) is 3.96. The first-order valence-electron chi connectivity index (χ1n) is 9.00. The highest BCUT2D eigenvalue weighted by Gasteiger charge is 2.13. The Bertz CT molecular complexity index is 1220. The van der Waals surface area contributed by atoms with E-state index in [9.17, 15) is 14.0 Å². The van der Waals surface area contributed by atoms with Crippen molar-refractivity contribution in [2.75, 3.05) is 12.4 Å². The number of nitrogens with zero attached hydrogens (tertiary/aromatic N) is 2. The highest BCUT2D eigenvalue weighted by Crippen LogP contribution is 2.37. The van der Waals surface area contributed by atoms with E-state index in [4.69, 9.17) is 0 Å². The van der Waals surface area contributed by atoms with Gasteiger partial charge in [0.1, 0.15) is 17.7 Å². The van der Waals surface area contributed by atoms with Gasteiger partial charge in [-0.3, -0.25) is 0 Å². The molecule has 3 nitrogen and oxygen atoms in total. The minimum atomic E-state index is -0.593. The zero-order valence-electron chi connectivity index (χ0n) is 15.6. The van der Waals surface area contributed by atoms with E-state index in [-0.39, 0.29) is 0 Å². The number of nitrogens with one attached hydrogen (secondary N) is 1. The second-order valence-corrected chi connectivity index (χ2v) is 7.67. The summed E-state index contributed by atoms with van der Waals surface area (Å²) in [7, 11) is 1.84. The monoisotopic (exact) mass is 405 g/mol. The van der Waals surface area contributed by atoms with Crippen LogP contribution in [0.1, 0.15) is 11.1 Å². The topological polar surface area (TPSA) is 40.8 Å². The molecule has 0 saturated heterocycles. The predicted octanol–water partition coefficient (Wildman–Crippen LogP) is 6.03. The third-order valence-electron chi connectivity index (χ3n) is 4.64. The molecule has 1 N–H and O–H groups in total. The van der Waals surface area contributed by atoms with Crippen molar-refractivity contribution in [3.63, 3.8) is 0 Å². The van der Waals surface area contributed by atoms with Crippen LogP contribution in [0, 0.1) is 23.0 Å². The number of nitriles is 1. The molecule has 0 unspecified atom stereocenters. The SMILES string of the molecule is CNc1ccc2c(Sc3ccccc3C#N)cn(Cc3cc(F)cc(F)c3)c2c1. The molecule has 0 amide bonds. The van der Waals surface area contributed by atoms with Gasteiger partial charge >= 0.3 is 0 Å². The molecule has 29 heavy (non-hydrogen) atoms. The first kappa shape index (κ1) is 19.0. The first-order chi connectivity index (χ1) is 14.1. The number of hydrogen-bond acceptors (Lipinski definition) is 3. The van der Waals surface area contributed by atoms with Gasteiger partial charge in [0.05, 0.1) is 11.1 Å². The van der Waals surface area contributed by atoms with Gasteiger partial charge in [0.2, 0.25) is 0 Å². The van der Waals surface area contributed by atoms with Crippen molar-refractivity contribution in [1.29, 1.82) is 5.26 Å². The molecule has 144 valence electrons. The van der Waals surface area contributed by atoms with Crippen LogP contribution in [0.5, 0.6) is 0 Å². The largest absolute Gasteiger partial charge is 0.388 e. The molecule has 4 rings (SSSR count). The fourth-order valence-corrected chi connectivity index (χ4v) is 4.36. The normalized spacial score (nSPS) is 10.8. The lowest BCUT2D eigenvalue weighted by atomic mass is 10.2. The predicted molar refractivity (Wildman–Crippen MR) is 112 cm³/mol. The Balaban J connectivity index is 1.80. The smallest absolute Gasteiger partial charge is 0.126 e. The van der Waals surface area contributed by atoms with Gasteiger partial charge in [0, 0.05) is 46.7 Å². The van der Waals surface area contributed by atoms with Crippen molar-refractivity contribution in [3.8, 4) is 6.07 Å². The molecule has 0 fully saturated rings. The minimum absolute atomic E-state index is 0.332. The van der Waals surface area contributed by atoms with Gasteiger partial charge in [-0.25, -0.2) is 8.78 Å². The molecule has 1 heterocycles. The molecule has 6 heteroatoms. The maximum absolute atomic E-state index is 13.6. The molecule has 0 spiro atoms. The van der Waals surface area contributed by atoms with Crippen molar-refractivity contribution < 1.29 is 8.78 Å². The summed E-state index contributed by atoms with van der Waals surface area (Å²) in [6, 6.07) is 19.2. The quantitative estimate of drug-likeness (QED) is 0.441. The zero-order valence-corrected chi connectivity index (χ0v) is 16.4. The van der Waals surface area contributed by atoms with Crippen LogP contribution in [0.4, 0.5) is 14.5 Å². The molecule has 0 aliphatic carbocycles. The fourth-order valence-electron chi connectivity index (χ4n) is 3.29. The Morgan fingerprint density at radius 1 is 1.00 bits per heavy atom. The Morgan fingerprint density at radius 3 is 2.48 bits per heavy atom. The van der Waals surface area contributed by atoms with Crippen LogP contribution >= 0.6 is 11.8 Å². The lowest BCUT2D eigenvalue weighted by Gasteiger charge is -2.07. The summed E-state index contributed by atoms with van der Waals surface area (Å²) >= 11 is 1.51. The number of anilines is 1. The Kier molecular flexibility index (Phi) is 5.24. The van der Waals surface area contributed by atoms with Gasteiger partial charge < -0.3 is 9.88 Å². The summed E-state index contributed by atoms with van der Waals surface area (Å²) in [5.41, 5.74) is 3.04. The number of rotatable bonds is 5. The zero-order chi connectivity index (χ0) is 20.4. The maximum Gasteiger partial charge on any atom is 0.126 e. The Hall–Kier alpha value is -3.30. The summed E-state index contributed by atoms with van der Waals surface area (Å²) in [6.45, 7) is 0.332. The van der Waals surface area contributed by atoms with Crippen LogP contribution in [-0.4, -0.2) is 11.6 Å². The van der Waals surface area contributed by atoms with Crippen molar-refractivity contribution >= 4 is 28.4 Å². The molecule has 0 atom stereocenters. The Morgan fingerprint density at radius 2 is 1.76 bits per heavy atom. The molecular formula is C23H17F2N3S. The summed E-state index contributed by atoms with van der Waals surface area (Å²) in [4.78, 5) is 1.84. The number of aromatic nitrogens is 1. The van der Waals surface area contributed by atoms with Crippen LogP contribution in [0.2, 0.25) is 0 Å². The summed E-state index contributed by atoms with van der Waals surface area (Å²) in [5.74, 6) is -1.19. The van der Waals surface area contributed by atoms with Gasteiger partial charge in [-0.1, -0.05) is 23.9 Å². The lowest BCUT2D eigenvalue weighted by Crippen LogP contribution is -1.99. The maximum atomic E-state index is 13.6. The number of hydrogen-bond donors (Lipinski definition) is 1. The number of fused-ring (bicyclic) bond motifs is 1. The average Bonchev–Trinajstić information content (AvgIpc) is 3.04. The molecule has 1 aromatic heterocycles. The summed E-state index contributed by atoms with van der Waals surface area (Å²) < 4.78 is 29.3. The van der Waals surface area contributed by atoms with Crippen molar-refractivity contribution in [1.82, 2.24) is 4.57 Å². The lowest BCUT2D eigenvalue weighted by molar-refractivity contribution is 0.578. The first-order valence-corrected chi connectivity index (χ1v) is 9.81. The van der Waals surface area contributed by atoms with E-state index >= 15 is 0 Å². The van der Waals surface area contributed by atoms with Crippen LogP contribution in [0.15, 0.2) is 76.7 Å². The molecule has 0 saturated carbocycles. The van der Waals surface area contributed by atoms with Crippen molar-refractivity contribution in [2.45, 2.75) is 16.3 Å². The second-order valence-electron chi connectivity index (χ2n) is 6.59. The highest BCUT2D eigenvalue weighted by molar-refractivity contribution is 7.99. The third-order valence-corrected chi connectivity index (χ3v) is 5.76. The van der Waals surface area contributed by atoms with Gasteiger partial charge in [0.25, 0.3) is 0 Å². The van der Waals surface area contributed by atoms with Crippen molar-refractivity contribution in [2.24, 2.45) is 0 Å². The van der Waals surface area contributed by atoms with E-state index in [1.54, 1.807) is 6.07 Å². The molecule has 3 aromatic carbocycles. The van der Waals surface area contributed by atoms with Crippen LogP contribution in [0.3, 0.4) is 0 Å². The highest BCUT2D eigenvalue weighted by atomic mass is 32.2. The van der Waals surface area contributed by atoms with Gasteiger partial charge in [-0.2, -0.15) is 5.26 Å². The van der Waals surface area contributed by atoms with E-state index in [1.165, 1.54) is 23.9 Å². The molecule has 0 radical (unpaired) electrons. The standard InChI is InChI=1S/C23H17F2N3S/c1-27-19-6-7-20-21(11-19)28(13-15-8-17(24)10-18(25)9-15)14-23(20)29-22-5-3-2-4-16(22)12-26/h2-11,14,27H,13H2,1H3. The second kappa shape index (κ2) is 7.98. The Labute approximate surface area is 171 Å². The molecule has 4 aromatic rings. The number of benzene rings is 3. The van der Waals surface area contributed by atoms with E-state index in [1.807, 2.05) is 54.2 Å². The van der Waals surface area contributed by atoms with Gasteiger partial charge in [0.15, 0.2) is 0 Å². The summed E-state index contributed by atoms with van der Waals surface area (Å²) in [5, 5.41) is 13.5. The molecule has 0 bridgehead atoms. The fraction of sp³-hybridized carbons (Fsp3) is 0.0870. The minimum Gasteiger partial charge on any atom is -0.388 e. The van der Waals surface area contributed by atoms with Crippen molar-refractivity contribution in [3.05, 3.63) is 89.6 Å². The van der Waals surface area contributed by atoms with Crippen LogP contribution in [0.25, 0.3) is 10.9 Å². The number of halogens is 2. The van der Waals surface area contributed by atoms with Gasteiger partial charge in [-0.15, -0.1) is 0 Å². The van der Waals surface area contributed by atoms with E-state index in [0.717, 1.165) is 32.4 Å². The van der Waals surface area contributed by atoms with Gasteiger partial charge in [-0.05, 0) is 48.0 Å². The summed E-state index contributed by atoms with van der Waals surface area (Å²) in [6.07, 6.45) is 1.96. The van der Waals surface area contributed by atoms with E-state index < -0.39 is 11.6 Å².